The van der Waals surface area contributed by atoms with E-state index in [9.17, 15) is 4.79 Å². The number of pyridine rings is 1. The number of hydrogen-bond acceptors (Lipinski definition) is 5. The first-order valence-corrected chi connectivity index (χ1v) is 7.54. The maximum Gasteiger partial charge on any atom is 0.254 e. The fourth-order valence-electron chi connectivity index (χ4n) is 2.11. The molecule has 0 saturated heterocycles. The lowest BCUT2D eigenvalue weighted by atomic mass is 10.1. The number of rotatable bonds is 5. The summed E-state index contributed by atoms with van der Waals surface area (Å²) in [5, 5.41) is 6.89. The van der Waals surface area contributed by atoms with Crippen LogP contribution in [0.5, 0.6) is 5.75 Å². The van der Waals surface area contributed by atoms with Crippen molar-refractivity contribution in [3.8, 4) is 17.0 Å². The molecule has 0 atom stereocenters. The van der Waals surface area contributed by atoms with Crippen molar-refractivity contribution in [1.82, 2.24) is 15.5 Å². The van der Waals surface area contributed by atoms with Gasteiger partial charge in [-0.2, -0.15) is 0 Å². The molecule has 1 amide bonds. The van der Waals surface area contributed by atoms with E-state index in [0.29, 0.717) is 17.0 Å². The van der Waals surface area contributed by atoms with Gasteiger partial charge in [-0.05, 0) is 36.4 Å². The van der Waals surface area contributed by atoms with Gasteiger partial charge in [-0.15, -0.1) is 0 Å². The number of methoxy groups -OCH3 is 1. The first-order valence-electron chi connectivity index (χ1n) is 7.16. The second-order valence-corrected chi connectivity index (χ2v) is 5.29. The zero-order valence-corrected chi connectivity index (χ0v) is 13.6. The van der Waals surface area contributed by atoms with E-state index in [2.05, 4.69) is 15.5 Å². The summed E-state index contributed by atoms with van der Waals surface area (Å²) in [7, 11) is 1.61. The number of hydrogen-bond donors (Lipinski definition) is 1. The first-order chi connectivity index (χ1) is 11.7. The lowest BCUT2D eigenvalue weighted by Gasteiger charge is -2.03. The van der Waals surface area contributed by atoms with E-state index >= 15 is 0 Å². The van der Waals surface area contributed by atoms with Gasteiger partial charge in [0.25, 0.3) is 5.91 Å². The molecule has 24 heavy (non-hydrogen) atoms. The number of carbonyl (C=O) groups is 1. The molecule has 6 nitrogen and oxygen atoms in total. The highest BCUT2D eigenvalue weighted by molar-refractivity contribution is 6.32. The van der Waals surface area contributed by atoms with Crippen molar-refractivity contribution in [1.29, 1.82) is 0 Å². The van der Waals surface area contributed by atoms with Crippen LogP contribution in [0.1, 0.15) is 16.1 Å². The topological polar surface area (TPSA) is 77.2 Å². The van der Waals surface area contributed by atoms with Gasteiger partial charge in [0.1, 0.15) is 16.6 Å². The van der Waals surface area contributed by atoms with Gasteiger partial charge < -0.3 is 14.6 Å². The van der Waals surface area contributed by atoms with E-state index in [1.165, 1.54) is 6.20 Å². The van der Waals surface area contributed by atoms with Crippen molar-refractivity contribution in [3.63, 3.8) is 0 Å². The van der Waals surface area contributed by atoms with Crippen molar-refractivity contribution in [2.24, 2.45) is 0 Å². The van der Waals surface area contributed by atoms with Crippen LogP contribution < -0.4 is 10.1 Å². The molecule has 3 rings (SSSR count). The average molecular weight is 344 g/mol. The highest BCUT2D eigenvalue weighted by atomic mass is 35.5. The average Bonchev–Trinajstić information content (AvgIpc) is 3.09. The molecular weight excluding hydrogens is 330 g/mol. The summed E-state index contributed by atoms with van der Waals surface area (Å²) in [5.41, 5.74) is 1.89. The molecule has 1 N–H and O–H groups in total. The minimum absolute atomic E-state index is 0.159. The standard InChI is InChI=1S/C17H14ClN3O3/c1-23-12-6-4-11(5-7-12)15-9-13(24-21-15)10-20-17(22)14-3-2-8-19-16(14)18/h2-9H,10H2,1H3,(H,20,22). The molecule has 0 aliphatic rings. The molecule has 0 fully saturated rings. The first kappa shape index (κ1) is 16.0. The lowest BCUT2D eigenvalue weighted by Crippen LogP contribution is -2.23. The Hall–Kier alpha value is -2.86. The zero-order chi connectivity index (χ0) is 16.9. The summed E-state index contributed by atoms with van der Waals surface area (Å²) in [6, 6.07) is 12.5. The number of nitrogens with zero attached hydrogens (tertiary/aromatic N) is 2. The van der Waals surface area contributed by atoms with Crippen LogP contribution >= 0.6 is 11.6 Å². The molecule has 0 unspecified atom stereocenters. The Balaban J connectivity index is 1.66. The van der Waals surface area contributed by atoms with E-state index in [1.807, 2.05) is 24.3 Å². The molecule has 1 aromatic carbocycles. The molecular formula is C17H14ClN3O3. The van der Waals surface area contributed by atoms with Gasteiger partial charge in [-0.3, -0.25) is 4.79 Å². The Bertz CT molecular complexity index is 846. The SMILES string of the molecule is COc1ccc(-c2cc(CNC(=O)c3cccnc3Cl)on2)cc1. The van der Waals surface area contributed by atoms with Crippen LogP contribution in [0.4, 0.5) is 0 Å². The van der Waals surface area contributed by atoms with Crippen LogP contribution in [0.3, 0.4) is 0 Å². The van der Waals surface area contributed by atoms with Crippen molar-refractivity contribution < 1.29 is 14.1 Å². The third-order valence-corrected chi connectivity index (χ3v) is 3.67. The highest BCUT2D eigenvalue weighted by Crippen LogP contribution is 2.22. The van der Waals surface area contributed by atoms with Gasteiger partial charge in [-0.25, -0.2) is 4.98 Å². The van der Waals surface area contributed by atoms with E-state index in [1.54, 1.807) is 25.3 Å². The number of halogens is 1. The van der Waals surface area contributed by atoms with Crippen LogP contribution in [-0.4, -0.2) is 23.2 Å². The molecule has 0 spiro atoms. The minimum Gasteiger partial charge on any atom is -0.497 e. The Morgan fingerprint density at radius 1 is 1.29 bits per heavy atom. The third-order valence-electron chi connectivity index (χ3n) is 3.37. The number of aromatic nitrogens is 2. The number of benzene rings is 1. The molecule has 0 bridgehead atoms. The molecule has 3 aromatic rings. The van der Waals surface area contributed by atoms with Crippen molar-refractivity contribution in [2.75, 3.05) is 7.11 Å². The van der Waals surface area contributed by atoms with E-state index in [4.69, 9.17) is 20.9 Å². The zero-order valence-electron chi connectivity index (χ0n) is 12.8. The Labute approximate surface area is 143 Å². The predicted molar refractivity (Wildman–Crippen MR) is 88.9 cm³/mol. The summed E-state index contributed by atoms with van der Waals surface area (Å²) in [4.78, 5) is 15.9. The van der Waals surface area contributed by atoms with Crippen molar-refractivity contribution in [3.05, 3.63) is 65.1 Å². The molecule has 2 aromatic heterocycles. The van der Waals surface area contributed by atoms with Gasteiger partial charge in [0.05, 0.1) is 19.2 Å². The minimum atomic E-state index is -0.324. The van der Waals surface area contributed by atoms with Crippen LogP contribution in [0.2, 0.25) is 5.15 Å². The fourth-order valence-corrected chi connectivity index (χ4v) is 2.32. The summed E-state index contributed by atoms with van der Waals surface area (Å²) in [6.07, 6.45) is 1.52. The molecule has 7 heteroatoms. The summed E-state index contributed by atoms with van der Waals surface area (Å²) >= 11 is 5.89. The van der Waals surface area contributed by atoms with Gasteiger partial charge in [0, 0.05) is 17.8 Å². The lowest BCUT2D eigenvalue weighted by molar-refractivity contribution is 0.0947. The van der Waals surface area contributed by atoms with Crippen LogP contribution in [-0.2, 0) is 6.54 Å². The maximum atomic E-state index is 12.1. The van der Waals surface area contributed by atoms with E-state index in [-0.39, 0.29) is 17.6 Å². The van der Waals surface area contributed by atoms with Crippen molar-refractivity contribution >= 4 is 17.5 Å². The molecule has 2 heterocycles. The van der Waals surface area contributed by atoms with Crippen LogP contribution in [0.15, 0.2) is 53.2 Å². The summed E-state index contributed by atoms with van der Waals surface area (Å²) < 4.78 is 10.4. The van der Waals surface area contributed by atoms with Crippen molar-refractivity contribution in [2.45, 2.75) is 6.54 Å². The summed E-state index contributed by atoms with van der Waals surface area (Å²) in [6.45, 7) is 0.202. The van der Waals surface area contributed by atoms with Gasteiger partial charge in [0.2, 0.25) is 0 Å². The number of ether oxygens (including phenoxy) is 1. The van der Waals surface area contributed by atoms with E-state index in [0.717, 1.165) is 11.3 Å². The normalized spacial score (nSPS) is 10.4. The second kappa shape index (κ2) is 7.14. The molecule has 0 aliphatic heterocycles. The Kier molecular flexibility index (Phi) is 4.77. The largest absolute Gasteiger partial charge is 0.497 e. The van der Waals surface area contributed by atoms with Gasteiger partial charge >= 0.3 is 0 Å². The molecule has 122 valence electrons. The van der Waals surface area contributed by atoms with Gasteiger partial charge in [0.15, 0.2) is 5.76 Å². The highest BCUT2D eigenvalue weighted by Gasteiger charge is 2.12. The maximum absolute atomic E-state index is 12.1. The third kappa shape index (κ3) is 3.55. The Morgan fingerprint density at radius 2 is 2.08 bits per heavy atom. The number of nitrogens with one attached hydrogen (secondary N) is 1. The molecule has 0 saturated carbocycles. The van der Waals surface area contributed by atoms with Gasteiger partial charge in [-0.1, -0.05) is 16.8 Å². The number of amides is 1. The Morgan fingerprint density at radius 3 is 2.79 bits per heavy atom. The predicted octanol–water partition coefficient (Wildman–Crippen LogP) is 3.33. The van der Waals surface area contributed by atoms with Crippen LogP contribution in [0, 0.1) is 0 Å². The fraction of sp³-hybridized carbons (Fsp3) is 0.118. The number of carbonyl (C=O) groups excluding carboxylic acids is 1. The smallest absolute Gasteiger partial charge is 0.254 e. The van der Waals surface area contributed by atoms with E-state index < -0.39 is 0 Å². The quantitative estimate of drug-likeness (QED) is 0.719. The van der Waals surface area contributed by atoms with Crippen LogP contribution in [0.25, 0.3) is 11.3 Å². The monoisotopic (exact) mass is 343 g/mol. The summed E-state index contributed by atoms with van der Waals surface area (Å²) in [5.74, 6) is 0.979. The second-order valence-electron chi connectivity index (χ2n) is 4.93. The molecule has 0 radical (unpaired) electrons. The molecule has 0 aliphatic carbocycles.